The fourth-order valence-electron chi connectivity index (χ4n) is 4.71. The van der Waals surface area contributed by atoms with Crippen LogP contribution in [0.3, 0.4) is 0 Å². The van der Waals surface area contributed by atoms with Crippen LogP contribution in [0.2, 0.25) is 0 Å². The SMILES string of the molecule is CCOC(=O)c1cccc(-c2cccc(-c3csc(NC(=O)[C@@H]4CCCN4C(=O)c4ccn(S(C)(=O)=O)c4)n3)c2)c1. The van der Waals surface area contributed by atoms with Crippen molar-refractivity contribution >= 4 is 44.3 Å². The van der Waals surface area contributed by atoms with E-state index in [1.165, 1.54) is 34.7 Å². The Hall–Kier alpha value is -4.29. The van der Waals surface area contributed by atoms with Crippen LogP contribution in [0.4, 0.5) is 5.13 Å². The maximum atomic E-state index is 13.2. The highest BCUT2D eigenvalue weighted by atomic mass is 32.2. The van der Waals surface area contributed by atoms with Gasteiger partial charge < -0.3 is 15.0 Å². The number of rotatable bonds is 8. The zero-order valence-corrected chi connectivity index (χ0v) is 24.1. The van der Waals surface area contributed by atoms with Crippen LogP contribution in [-0.2, 0) is 19.6 Å². The third kappa shape index (κ3) is 6.23. The van der Waals surface area contributed by atoms with E-state index in [-0.39, 0.29) is 17.4 Å². The summed E-state index contributed by atoms with van der Waals surface area (Å²) in [5.41, 5.74) is 3.96. The molecule has 2 amide bonds. The highest BCUT2D eigenvalue weighted by molar-refractivity contribution is 7.89. The van der Waals surface area contributed by atoms with E-state index in [0.29, 0.717) is 42.4 Å². The lowest BCUT2D eigenvalue weighted by molar-refractivity contribution is -0.119. The van der Waals surface area contributed by atoms with E-state index in [4.69, 9.17) is 4.74 Å². The number of ether oxygens (including phenoxy) is 1. The summed E-state index contributed by atoms with van der Waals surface area (Å²) in [6, 6.07) is 15.7. The van der Waals surface area contributed by atoms with E-state index < -0.39 is 22.0 Å². The highest BCUT2D eigenvalue weighted by Crippen LogP contribution is 2.30. The smallest absolute Gasteiger partial charge is 0.338 e. The van der Waals surface area contributed by atoms with Crippen molar-refractivity contribution in [1.29, 1.82) is 0 Å². The van der Waals surface area contributed by atoms with Crippen LogP contribution in [0.15, 0.2) is 72.4 Å². The van der Waals surface area contributed by atoms with Gasteiger partial charge in [0.25, 0.3) is 5.91 Å². The second-order valence-corrected chi connectivity index (χ2v) is 12.3. The fraction of sp³-hybridized carbons (Fsp3) is 0.241. The number of benzene rings is 2. The number of carbonyl (C=O) groups is 3. The number of esters is 1. The molecule has 12 heteroatoms. The minimum absolute atomic E-state index is 0.208. The minimum Gasteiger partial charge on any atom is -0.462 e. The molecule has 0 radical (unpaired) electrons. The van der Waals surface area contributed by atoms with Gasteiger partial charge in [-0.2, -0.15) is 0 Å². The number of carbonyl (C=O) groups excluding carboxylic acids is 3. The second kappa shape index (κ2) is 11.7. The third-order valence-corrected chi connectivity index (χ3v) is 8.46. The van der Waals surface area contributed by atoms with Gasteiger partial charge in [0.2, 0.25) is 15.9 Å². The Balaban J connectivity index is 1.29. The number of thiazole rings is 1. The van der Waals surface area contributed by atoms with Crippen molar-refractivity contribution in [2.75, 3.05) is 24.7 Å². The van der Waals surface area contributed by atoms with Gasteiger partial charge in [-0.25, -0.2) is 18.2 Å². The normalized spacial score (nSPS) is 15.1. The predicted octanol–water partition coefficient (Wildman–Crippen LogP) is 4.51. The molecule has 41 heavy (non-hydrogen) atoms. The first-order chi connectivity index (χ1) is 19.6. The molecule has 1 N–H and O–H groups in total. The maximum absolute atomic E-state index is 13.2. The van der Waals surface area contributed by atoms with Crippen LogP contribution >= 0.6 is 11.3 Å². The summed E-state index contributed by atoms with van der Waals surface area (Å²) in [4.78, 5) is 44.5. The van der Waals surface area contributed by atoms with Crippen LogP contribution in [-0.4, -0.2) is 65.5 Å². The lowest BCUT2D eigenvalue weighted by Crippen LogP contribution is -2.43. The Morgan fingerprint density at radius 3 is 2.51 bits per heavy atom. The minimum atomic E-state index is -3.52. The molecule has 0 spiro atoms. The van der Waals surface area contributed by atoms with Gasteiger partial charge >= 0.3 is 5.97 Å². The predicted molar refractivity (Wildman–Crippen MR) is 156 cm³/mol. The van der Waals surface area contributed by atoms with Crippen LogP contribution in [0, 0.1) is 0 Å². The quantitative estimate of drug-likeness (QED) is 0.298. The number of hydrogen-bond donors (Lipinski definition) is 1. The molecular weight excluding hydrogens is 564 g/mol. The maximum Gasteiger partial charge on any atom is 0.338 e. The van der Waals surface area contributed by atoms with Gasteiger partial charge in [0, 0.05) is 29.9 Å². The van der Waals surface area contributed by atoms with Gasteiger partial charge in [0.15, 0.2) is 5.13 Å². The molecule has 0 bridgehead atoms. The zero-order valence-electron chi connectivity index (χ0n) is 22.4. The largest absolute Gasteiger partial charge is 0.462 e. The summed E-state index contributed by atoms with van der Waals surface area (Å²) < 4.78 is 29.6. The van der Waals surface area contributed by atoms with Crippen LogP contribution in [0.25, 0.3) is 22.4 Å². The zero-order chi connectivity index (χ0) is 29.1. The monoisotopic (exact) mass is 592 g/mol. The van der Waals surface area contributed by atoms with E-state index in [0.717, 1.165) is 26.9 Å². The summed E-state index contributed by atoms with van der Waals surface area (Å²) in [6.07, 6.45) is 4.78. The number of aromatic nitrogens is 2. The summed E-state index contributed by atoms with van der Waals surface area (Å²) in [5, 5.41) is 5.09. The van der Waals surface area contributed by atoms with E-state index in [9.17, 15) is 22.8 Å². The first-order valence-electron chi connectivity index (χ1n) is 13.0. The van der Waals surface area contributed by atoms with E-state index in [1.807, 2.05) is 41.8 Å². The Morgan fingerprint density at radius 2 is 1.78 bits per heavy atom. The molecule has 212 valence electrons. The molecule has 3 heterocycles. The number of hydrogen-bond acceptors (Lipinski definition) is 8. The van der Waals surface area contributed by atoms with Gasteiger partial charge in [0.05, 0.1) is 29.7 Å². The number of nitrogens with one attached hydrogen (secondary N) is 1. The first-order valence-corrected chi connectivity index (χ1v) is 15.7. The molecule has 0 unspecified atom stereocenters. The highest BCUT2D eigenvalue weighted by Gasteiger charge is 2.35. The van der Waals surface area contributed by atoms with Crippen molar-refractivity contribution in [2.24, 2.45) is 0 Å². The molecule has 1 aliphatic heterocycles. The van der Waals surface area contributed by atoms with Crippen LogP contribution in [0.1, 0.15) is 40.5 Å². The van der Waals surface area contributed by atoms with Crippen molar-refractivity contribution in [2.45, 2.75) is 25.8 Å². The van der Waals surface area contributed by atoms with Crippen molar-refractivity contribution in [3.05, 3.63) is 83.5 Å². The summed E-state index contributed by atoms with van der Waals surface area (Å²) in [6.45, 7) is 2.46. The number of anilines is 1. The molecule has 0 aliphatic carbocycles. The van der Waals surface area contributed by atoms with E-state index in [2.05, 4.69) is 10.3 Å². The molecule has 1 saturated heterocycles. The Morgan fingerprint density at radius 1 is 1.05 bits per heavy atom. The number of amides is 2. The first kappa shape index (κ1) is 28.2. The van der Waals surface area contributed by atoms with Gasteiger partial charge in [0.1, 0.15) is 6.04 Å². The van der Waals surface area contributed by atoms with E-state index >= 15 is 0 Å². The molecule has 1 atom stereocenters. The standard InChI is InChI=1S/C29H28N4O6S2/c1-3-39-28(36)22-10-5-8-20(16-22)19-7-4-9-21(15-19)24-18-40-29(30-24)31-26(34)25-11-6-13-33(25)27(35)23-12-14-32(17-23)41(2,37)38/h4-5,7-10,12,14-18,25H,3,6,11,13H2,1-2H3,(H,30,31,34)/t25-/m0/s1. The molecule has 2 aromatic heterocycles. The average Bonchev–Trinajstić information content (AvgIpc) is 3.74. The molecule has 1 aliphatic rings. The second-order valence-electron chi connectivity index (χ2n) is 9.56. The van der Waals surface area contributed by atoms with Crippen molar-refractivity contribution < 1.29 is 27.5 Å². The molecule has 10 nitrogen and oxygen atoms in total. The number of nitrogens with zero attached hydrogens (tertiary/aromatic N) is 3. The lowest BCUT2D eigenvalue weighted by Gasteiger charge is -2.23. The molecule has 1 fully saturated rings. The molecule has 4 aromatic rings. The Kier molecular flexibility index (Phi) is 8.04. The number of likely N-dealkylation sites (tertiary alicyclic amines) is 1. The summed E-state index contributed by atoms with van der Waals surface area (Å²) >= 11 is 1.28. The van der Waals surface area contributed by atoms with Crippen molar-refractivity contribution in [3.63, 3.8) is 0 Å². The van der Waals surface area contributed by atoms with E-state index in [1.54, 1.807) is 19.1 Å². The van der Waals surface area contributed by atoms with Gasteiger partial charge in [-0.05, 0) is 55.2 Å². The molecule has 2 aromatic carbocycles. The topological polar surface area (TPSA) is 128 Å². The summed E-state index contributed by atoms with van der Waals surface area (Å²) in [7, 11) is -3.52. The molecular formula is C29H28N4O6S2. The molecule has 0 saturated carbocycles. The molecule has 5 rings (SSSR count). The lowest BCUT2D eigenvalue weighted by atomic mass is 10.0. The third-order valence-electron chi connectivity index (χ3n) is 6.71. The van der Waals surface area contributed by atoms with Crippen molar-refractivity contribution in [1.82, 2.24) is 13.9 Å². The fourth-order valence-corrected chi connectivity index (χ4v) is 6.02. The van der Waals surface area contributed by atoms with Crippen molar-refractivity contribution in [3.8, 4) is 22.4 Å². The van der Waals surface area contributed by atoms with Gasteiger partial charge in [-0.15, -0.1) is 11.3 Å². The van der Waals surface area contributed by atoms with Crippen LogP contribution < -0.4 is 5.32 Å². The van der Waals surface area contributed by atoms with Gasteiger partial charge in [-0.3, -0.25) is 13.6 Å². The van der Waals surface area contributed by atoms with Gasteiger partial charge in [-0.1, -0.05) is 30.3 Å². The Labute approximate surface area is 241 Å². The van der Waals surface area contributed by atoms with Crippen LogP contribution in [0.5, 0.6) is 0 Å². The average molecular weight is 593 g/mol. The summed E-state index contributed by atoms with van der Waals surface area (Å²) in [5.74, 6) is -1.11. The Bertz CT molecular complexity index is 1730.